The predicted octanol–water partition coefficient (Wildman–Crippen LogP) is 2.34. The maximum absolute atomic E-state index is 12.5. The molecule has 0 radical (unpaired) electrons. The van der Waals surface area contributed by atoms with Crippen LogP contribution < -0.4 is 9.62 Å². The second-order valence-corrected chi connectivity index (χ2v) is 8.42. The van der Waals surface area contributed by atoms with Gasteiger partial charge in [0, 0.05) is 18.8 Å². The van der Waals surface area contributed by atoms with E-state index in [-0.39, 0.29) is 16.5 Å². The number of carbonyl (C=O) groups excluding carboxylic acids is 2. The number of ether oxygens (including phenoxy) is 1. The Morgan fingerprint density at radius 3 is 2.43 bits per heavy atom. The molecule has 1 atom stereocenters. The first-order valence-corrected chi connectivity index (χ1v) is 10.4. The Morgan fingerprint density at radius 1 is 1.11 bits per heavy atom. The van der Waals surface area contributed by atoms with Crippen molar-refractivity contribution in [3.8, 4) is 0 Å². The van der Waals surface area contributed by atoms with Crippen molar-refractivity contribution in [2.45, 2.75) is 36.8 Å². The number of sulfonamides is 1. The SMILES string of the molecule is CC(OC(=O)c1cccc(S(=O)(=O)NC2CC2)c1)C(=O)N(C)c1ccccc1. The second kappa shape index (κ2) is 8.12. The molecule has 8 heteroatoms. The number of hydrogen-bond donors (Lipinski definition) is 1. The van der Waals surface area contributed by atoms with Gasteiger partial charge < -0.3 is 9.64 Å². The van der Waals surface area contributed by atoms with E-state index in [1.54, 1.807) is 31.3 Å². The zero-order valence-corrected chi connectivity index (χ0v) is 16.5. The monoisotopic (exact) mass is 402 g/mol. The van der Waals surface area contributed by atoms with Gasteiger partial charge in [-0.15, -0.1) is 0 Å². The summed E-state index contributed by atoms with van der Waals surface area (Å²) < 4.78 is 32.4. The Hall–Kier alpha value is -2.71. The highest BCUT2D eigenvalue weighted by Crippen LogP contribution is 2.23. The number of nitrogens with one attached hydrogen (secondary N) is 1. The minimum Gasteiger partial charge on any atom is -0.449 e. The highest BCUT2D eigenvalue weighted by Gasteiger charge is 2.29. The number of nitrogens with zero attached hydrogens (tertiary/aromatic N) is 1. The number of hydrogen-bond acceptors (Lipinski definition) is 5. The lowest BCUT2D eigenvalue weighted by molar-refractivity contribution is -0.126. The molecule has 2 aromatic carbocycles. The van der Waals surface area contributed by atoms with E-state index in [0.29, 0.717) is 5.69 Å². The number of rotatable bonds is 7. The molecule has 2 aromatic rings. The van der Waals surface area contributed by atoms with Gasteiger partial charge in [-0.25, -0.2) is 17.9 Å². The van der Waals surface area contributed by atoms with Gasteiger partial charge in [0.2, 0.25) is 10.0 Å². The molecule has 1 unspecified atom stereocenters. The molecule has 7 nitrogen and oxygen atoms in total. The molecule has 0 bridgehead atoms. The maximum atomic E-state index is 12.5. The molecule has 1 N–H and O–H groups in total. The van der Waals surface area contributed by atoms with Crippen LogP contribution in [0.1, 0.15) is 30.1 Å². The largest absolute Gasteiger partial charge is 0.449 e. The van der Waals surface area contributed by atoms with Crippen LogP contribution in [0.5, 0.6) is 0 Å². The fourth-order valence-corrected chi connectivity index (χ4v) is 3.96. The third-order valence-corrected chi connectivity index (χ3v) is 5.90. The van der Waals surface area contributed by atoms with Crippen molar-refractivity contribution in [1.82, 2.24) is 4.72 Å². The van der Waals surface area contributed by atoms with Gasteiger partial charge in [-0.1, -0.05) is 24.3 Å². The maximum Gasteiger partial charge on any atom is 0.338 e. The Balaban J connectivity index is 1.68. The lowest BCUT2D eigenvalue weighted by Gasteiger charge is -2.21. The summed E-state index contributed by atoms with van der Waals surface area (Å²) >= 11 is 0. The van der Waals surface area contributed by atoms with E-state index in [2.05, 4.69) is 4.72 Å². The van der Waals surface area contributed by atoms with Crippen LogP contribution in [-0.2, 0) is 19.6 Å². The first-order valence-electron chi connectivity index (χ1n) is 8.94. The molecule has 3 rings (SSSR count). The first kappa shape index (κ1) is 20.0. The summed E-state index contributed by atoms with van der Waals surface area (Å²) in [5.74, 6) is -1.15. The first-order chi connectivity index (χ1) is 13.3. The normalized spacial score (nSPS) is 14.9. The third-order valence-electron chi connectivity index (χ3n) is 4.38. The second-order valence-electron chi connectivity index (χ2n) is 6.70. The zero-order chi connectivity index (χ0) is 20.3. The van der Waals surface area contributed by atoms with Gasteiger partial charge in [0.15, 0.2) is 6.10 Å². The third kappa shape index (κ3) is 4.76. The number of amides is 1. The Morgan fingerprint density at radius 2 is 1.79 bits per heavy atom. The Bertz CT molecular complexity index is 971. The van der Waals surface area contributed by atoms with Crippen molar-refractivity contribution in [1.29, 1.82) is 0 Å². The van der Waals surface area contributed by atoms with Gasteiger partial charge in [-0.2, -0.15) is 0 Å². The van der Waals surface area contributed by atoms with Crippen molar-refractivity contribution >= 4 is 27.6 Å². The number of likely N-dealkylation sites (N-methyl/N-ethyl adjacent to an activating group) is 1. The number of anilines is 1. The van der Waals surface area contributed by atoms with E-state index in [9.17, 15) is 18.0 Å². The van der Waals surface area contributed by atoms with Crippen LogP contribution in [0.2, 0.25) is 0 Å². The molecule has 0 saturated heterocycles. The topological polar surface area (TPSA) is 92.8 Å². The summed E-state index contributed by atoms with van der Waals surface area (Å²) in [6.07, 6.45) is 0.605. The van der Waals surface area contributed by atoms with Crippen LogP contribution in [0.25, 0.3) is 0 Å². The minimum absolute atomic E-state index is 0.00534. The highest BCUT2D eigenvalue weighted by molar-refractivity contribution is 7.89. The predicted molar refractivity (Wildman–Crippen MR) is 105 cm³/mol. The Labute approximate surface area is 164 Å². The molecule has 0 aliphatic heterocycles. The Kier molecular flexibility index (Phi) is 5.81. The fourth-order valence-electron chi connectivity index (χ4n) is 2.61. The molecule has 28 heavy (non-hydrogen) atoms. The van der Waals surface area contributed by atoms with Gasteiger partial charge in [0.1, 0.15) is 0 Å². The lowest BCUT2D eigenvalue weighted by atomic mass is 10.2. The number of carbonyl (C=O) groups is 2. The number of esters is 1. The summed E-state index contributed by atoms with van der Waals surface area (Å²) in [5.41, 5.74) is 0.746. The molecule has 0 heterocycles. The fraction of sp³-hybridized carbons (Fsp3) is 0.300. The van der Waals surface area contributed by atoms with Crippen molar-refractivity contribution < 1.29 is 22.7 Å². The van der Waals surface area contributed by atoms with Crippen molar-refractivity contribution in [2.75, 3.05) is 11.9 Å². The summed E-state index contributed by atoms with van der Waals surface area (Å²) in [6.45, 7) is 1.48. The van der Waals surface area contributed by atoms with Gasteiger partial charge in [-0.3, -0.25) is 4.79 Å². The van der Waals surface area contributed by atoms with Gasteiger partial charge in [0.05, 0.1) is 10.5 Å². The molecule has 148 valence electrons. The number of benzene rings is 2. The molecule has 1 amide bonds. The number of para-hydroxylation sites is 1. The van der Waals surface area contributed by atoms with Crippen molar-refractivity contribution in [3.63, 3.8) is 0 Å². The molecule has 0 spiro atoms. The smallest absolute Gasteiger partial charge is 0.338 e. The molecule has 0 aromatic heterocycles. The van der Waals surface area contributed by atoms with Crippen LogP contribution in [0.15, 0.2) is 59.5 Å². The van der Waals surface area contributed by atoms with E-state index in [0.717, 1.165) is 12.8 Å². The lowest BCUT2D eigenvalue weighted by Crippen LogP contribution is -2.37. The van der Waals surface area contributed by atoms with Crippen molar-refractivity contribution in [3.05, 3.63) is 60.2 Å². The van der Waals surface area contributed by atoms with Crippen LogP contribution in [0.3, 0.4) is 0 Å². The highest BCUT2D eigenvalue weighted by atomic mass is 32.2. The minimum atomic E-state index is -3.68. The summed E-state index contributed by atoms with van der Waals surface area (Å²) in [5, 5.41) is 0. The average Bonchev–Trinajstić information content (AvgIpc) is 3.50. The molecule has 1 aliphatic rings. The molecule has 1 fully saturated rings. The average molecular weight is 402 g/mol. The standard InChI is InChI=1S/C20H22N2O5S/c1-14(19(23)22(2)17-8-4-3-5-9-17)27-20(24)15-7-6-10-18(13-15)28(25,26)21-16-11-12-16/h3-10,13-14,16,21H,11-12H2,1-2H3. The molecule has 1 aliphatic carbocycles. The van der Waals surface area contributed by atoms with E-state index in [1.807, 2.05) is 6.07 Å². The van der Waals surface area contributed by atoms with Gasteiger partial charge in [0.25, 0.3) is 5.91 Å². The zero-order valence-electron chi connectivity index (χ0n) is 15.7. The van der Waals surface area contributed by atoms with Crippen LogP contribution in [0, 0.1) is 0 Å². The summed E-state index contributed by atoms with van der Waals surface area (Å²) in [4.78, 5) is 26.3. The van der Waals surface area contributed by atoms with Crippen LogP contribution in [-0.4, -0.2) is 39.5 Å². The van der Waals surface area contributed by atoms with Crippen LogP contribution >= 0.6 is 0 Å². The van der Waals surface area contributed by atoms with Crippen molar-refractivity contribution in [2.24, 2.45) is 0 Å². The summed E-state index contributed by atoms with van der Waals surface area (Å²) in [6, 6.07) is 14.6. The van der Waals surface area contributed by atoms with E-state index < -0.39 is 28.0 Å². The molecular weight excluding hydrogens is 380 g/mol. The van der Waals surface area contributed by atoms with E-state index in [4.69, 9.17) is 4.74 Å². The van der Waals surface area contributed by atoms with Crippen LogP contribution in [0.4, 0.5) is 5.69 Å². The van der Waals surface area contributed by atoms with E-state index in [1.165, 1.54) is 36.1 Å². The van der Waals surface area contributed by atoms with Gasteiger partial charge in [-0.05, 0) is 50.1 Å². The molecular formula is C20H22N2O5S. The summed E-state index contributed by atoms with van der Waals surface area (Å²) in [7, 11) is -2.08. The van der Waals surface area contributed by atoms with E-state index >= 15 is 0 Å². The van der Waals surface area contributed by atoms with Gasteiger partial charge >= 0.3 is 5.97 Å². The molecule has 1 saturated carbocycles. The quantitative estimate of drug-likeness (QED) is 0.718.